The Labute approximate surface area is 154 Å². The Hall–Kier alpha value is -2.44. The quantitative estimate of drug-likeness (QED) is 0.800. The standard InChI is InChI=1S/C20H26N4O2/c1-16-4-2-7-19(22-16)21-15-17-5-3-6-18(14-17)23-20(25)8-9-24-10-12-26-13-11-24/h2-7,14H,8-13,15H2,1H3,(H,21,22)(H,23,25). The van der Waals surface area contributed by atoms with Crippen LogP contribution in [0, 0.1) is 6.92 Å². The summed E-state index contributed by atoms with van der Waals surface area (Å²) in [6, 6.07) is 13.8. The van der Waals surface area contributed by atoms with Crippen molar-refractivity contribution >= 4 is 17.4 Å². The van der Waals surface area contributed by atoms with Crippen molar-refractivity contribution in [2.75, 3.05) is 43.5 Å². The normalized spacial score (nSPS) is 14.8. The second kappa shape index (κ2) is 9.31. The molecule has 2 N–H and O–H groups in total. The van der Waals surface area contributed by atoms with Gasteiger partial charge in [-0.1, -0.05) is 18.2 Å². The number of aromatic nitrogens is 1. The maximum absolute atomic E-state index is 12.2. The van der Waals surface area contributed by atoms with Crippen LogP contribution in [-0.4, -0.2) is 48.6 Å². The zero-order valence-corrected chi connectivity index (χ0v) is 15.2. The molecule has 3 rings (SSSR count). The molecule has 1 aliphatic heterocycles. The number of amides is 1. The van der Waals surface area contributed by atoms with Crippen LogP contribution in [0.25, 0.3) is 0 Å². The monoisotopic (exact) mass is 354 g/mol. The Bertz CT molecular complexity index is 729. The highest BCUT2D eigenvalue weighted by molar-refractivity contribution is 5.90. The Morgan fingerprint density at radius 2 is 2.00 bits per heavy atom. The summed E-state index contributed by atoms with van der Waals surface area (Å²) >= 11 is 0. The number of aryl methyl sites for hydroxylation is 1. The number of ether oxygens (including phenoxy) is 1. The molecule has 26 heavy (non-hydrogen) atoms. The van der Waals surface area contributed by atoms with E-state index in [0.29, 0.717) is 13.0 Å². The van der Waals surface area contributed by atoms with Crippen LogP contribution in [0.15, 0.2) is 42.5 Å². The molecule has 0 aliphatic carbocycles. The number of morpholine rings is 1. The number of hydrogen-bond donors (Lipinski definition) is 2. The number of carbonyl (C=O) groups is 1. The first-order chi connectivity index (χ1) is 12.7. The van der Waals surface area contributed by atoms with Gasteiger partial charge in [-0.3, -0.25) is 9.69 Å². The van der Waals surface area contributed by atoms with Crippen molar-refractivity contribution in [1.29, 1.82) is 0 Å². The van der Waals surface area contributed by atoms with Crippen molar-refractivity contribution in [3.63, 3.8) is 0 Å². The molecule has 6 nitrogen and oxygen atoms in total. The summed E-state index contributed by atoms with van der Waals surface area (Å²) in [5.41, 5.74) is 2.91. The molecule has 0 unspecified atom stereocenters. The summed E-state index contributed by atoms with van der Waals surface area (Å²) in [6.07, 6.45) is 0.496. The summed E-state index contributed by atoms with van der Waals surface area (Å²) in [4.78, 5) is 18.9. The second-order valence-corrected chi connectivity index (χ2v) is 6.47. The van der Waals surface area contributed by atoms with Gasteiger partial charge < -0.3 is 15.4 Å². The fourth-order valence-corrected chi connectivity index (χ4v) is 2.90. The number of hydrogen-bond acceptors (Lipinski definition) is 5. The smallest absolute Gasteiger partial charge is 0.225 e. The Balaban J connectivity index is 1.47. The van der Waals surface area contributed by atoms with E-state index in [-0.39, 0.29) is 5.91 Å². The second-order valence-electron chi connectivity index (χ2n) is 6.47. The van der Waals surface area contributed by atoms with Crippen LogP contribution in [0.1, 0.15) is 17.7 Å². The molecule has 0 saturated carbocycles. The van der Waals surface area contributed by atoms with Gasteiger partial charge in [0.15, 0.2) is 0 Å². The summed E-state index contributed by atoms with van der Waals surface area (Å²) in [6.45, 7) is 6.73. The van der Waals surface area contributed by atoms with Crippen molar-refractivity contribution < 1.29 is 9.53 Å². The average Bonchev–Trinajstić information content (AvgIpc) is 2.66. The van der Waals surface area contributed by atoms with Crippen molar-refractivity contribution in [1.82, 2.24) is 9.88 Å². The molecule has 0 spiro atoms. The molecule has 138 valence electrons. The minimum atomic E-state index is 0.0435. The number of benzene rings is 1. The van der Waals surface area contributed by atoms with E-state index in [1.807, 2.05) is 49.4 Å². The molecule has 1 saturated heterocycles. The molecule has 2 heterocycles. The van der Waals surface area contributed by atoms with Gasteiger partial charge in [-0.15, -0.1) is 0 Å². The molecule has 1 aromatic heterocycles. The van der Waals surface area contributed by atoms with Gasteiger partial charge >= 0.3 is 0 Å². The maximum Gasteiger partial charge on any atom is 0.225 e. The lowest BCUT2D eigenvalue weighted by Gasteiger charge is -2.26. The van der Waals surface area contributed by atoms with Gasteiger partial charge in [0.1, 0.15) is 5.82 Å². The minimum Gasteiger partial charge on any atom is -0.379 e. The van der Waals surface area contributed by atoms with Crippen LogP contribution in [0.5, 0.6) is 0 Å². The maximum atomic E-state index is 12.2. The first-order valence-corrected chi connectivity index (χ1v) is 9.05. The largest absolute Gasteiger partial charge is 0.379 e. The number of rotatable bonds is 7. The SMILES string of the molecule is Cc1cccc(NCc2cccc(NC(=O)CCN3CCOCC3)c2)n1. The zero-order chi connectivity index (χ0) is 18.2. The van der Waals surface area contributed by atoms with Crippen molar-refractivity contribution in [2.45, 2.75) is 19.9 Å². The number of pyridine rings is 1. The Kier molecular flexibility index (Phi) is 6.57. The molecular weight excluding hydrogens is 328 g/mol. The third-order valence-corrected chi connectivity index (χ3v) is 4.33. The molecule has 1 fully saturated rings. The van der Waals surface area contributed by atoms with Gasteiger partial charge in [-0.2, -0.15) is 0 Å². The molecular formula is C20H26N4O2. The lowest BCUT2D eigenvalue weighted by molar-refractivity contribution is -0.116. The molecule has 0 bridgehead atoms. The third-order valence-electron chi connectivity index (χ3n) is 4.33. The molecule has 6 heteroatoms. The summed E-state index contributed by atoms with van der Waals surface area (Å²) in [7, 11) is 0. The summed E-state index contributed by atoms with van der Waals surface area (Å²) in [5.74, 6) is 0.895. The average molecular weight is 354 g/mol. The van der Waals surface area contributed by atoms with Gasteiger partial charge in [-0.25, -0.2) is 4.98 Å². The van der Waals surface area contributed by atoms with E-state index in [1.165, 1.54) is 0 Å². The first-order valence-electron chi connectivity index (χ1n) is 9.05. The number of nitrogens with one attached hydrogen (secondary N) is 2. The fourth-order valence-electron chi connectivity index (χ4n) is 2.90. The van der Waals surface area contributed by atoms with E-state index in [0.717, 1.165) is 55.6 Å². The van der Waals surface area contributed by atoms with Crippen molar-refractivity contribution in [2.24, 2.45) is 0 Å². The van der Waals surface area contributed by atoms with Crippen LogP contribution < -0.4 is 10.6 Å². The van der Waals surface area contributed by atoms with E-state index in [4.69, 9.17) is 4.74 Å². The molecule has 1 aromatic carbocycles. The van der Waals surface area contributed by atoms with Gasteiger partial charge in [0.05, 0.1) is 13.2 Å². The highest BCUT2D eigenvalue weighted by atomic mass is 16.5. The lowest BCUT2D eigenvalue weighted by atomic mass is 10.2. The van der Waals surface area contributed by atoms with E-state index in [2.05, 4.69) is 20.5 Å². The highest BCUT2D eigenvalue weighted by Crippen LogP contribution is 2.13. The van der Waals surface area contributed by atoms with E-state index < -0.39 is 0 Å². The van der Waals surface area contributed by atoms with Crippen LogP contribution >= 0.6 is 0 Å². The third kappa shape index (κ3) is 5.82. The number of anilines is 2. The topological polar surface area (TPSA) is 66.5 Å². The Morgan fingerprint density at radius 3 is 2.81 bits per heavy atom. The van der Waals surface area contributed by atoms with Gasteiger partial charge in [0, 0.05) is 44.0 Å². The van der Waals surface area contributed by atoms with Crippen LogP contribution in [0.4, 0.5) is 11.5 Å². The minimum absolute atomic E-state index is 0.0435. The van der Waals surface area contributed by atoms with Crippen LogP contribution in [0.3, 0.4) is 0 Å². The van der Waals surface area contributed by atoms with Crippen molar-refractivity contribution in [3.05, 3.63) is 53.7 Å². The molecule has 1 amide bonds. The lowest BCUT2D eigenvalue weighted by Crippen LogP contribution is -2.38. The van der Waals surface area contributed by atoms with E-state index >= 15 is 0 Å². The molecule has 2 aromatic rings. The molecule has 0 atom stereocenters. The van der Waals surface area contributed by atoms with Gasteiger partial charge in [0.2, 0.25) is 5.91 Å². The van der Waals surface area contributed by atoms with E-state index in [1.54, 1.807) is 0 Å². The predicted molar refractivity (Wildman–Crippen MR) is 103 cm³/mol. The van der Waals surface area contributed by atoms with Gasteiger partial charge in [0.25, 0.3) is 0 Å². The first kappa shape index (κ1) is 18.4. The number of carbonyl (C=O) groups excluding carboxylic acids is 1. The Morgan fingerprint density at radius 1 is 1.19 bits per heavy atom. The molecule has 0 radical (unpaired) electrons. The highest BCUT2D eigenvalue weighted by Gasteiger charge is 2.12. The van der Waals surface area contributed by atoms with E-state index in [9.17, 15) is 4.79 Å². The zero-order valence-electron chi connectivity index (χ0n) is 15.2. The summed E-state index contributed by atoms with van der Waals surface area (Å²) in [5, 5.41) is 6.30. The van der Waals surface area contributed by atoms with Crippen LogP contribution in [-0.2, 0) is 16.1 Å². The summed E-state index contributed by atoms with van der Waals surface area (Å²) < 4.78 is 5.32. The molecule has 1 aliphatic rings. The van der Waals surface area contributed by atoms with Crippen molar-refractivity contribution in [3.8, 4) is 0 Å². The number of nitrogens with zero attached hydrogens (tertiary/aromatic N) is 2. The fraction of sp³-hybridized carbons (Fsp3) is 0.400. The predicted octanol–water partition coefficient (Wildman–Crippen LogP) is 2.66. The van der Waals surface area contributed by atoms with Crippen LogP contribution in [0.2, 0.25) is 0 Å². The van der Waals surface area contributed by atoms with Gasteiger partial charge in [-0.05, 0) is 36.8 Å².